The Bertz CT molecular complexity index is 1890. The van der Waals surface area contributed by atoms with Crippen molar-refractivity contribution in [2.24, 2.45) is 0 Å². The lowest BCUT2D eigenvalue weighted by molar-refractivity contribution is -0.0557. The molecule has 0 heterocycles. The molecule has 2 bridgehead atoms. The van der Waals surface area contributed by atoms with Gasteiger partial charge in [-0.05, 0) is 68.8 Å². The summed E-state index contributed by atoms with van der Waals surface area (Å²) in [5.74, 6) is -1.57. The Labute approximate surface area is 267 Å². The van der Waals surface area contributed by atoms with Crippen LogP contribution in [-0.2, 0) is 9.47 Å². The summed E-state index contributed by atoms with van der Waals surface area (Å²) >= 11 is 0. The first kappa shape index (κ1) is 27.8. The quantitative estimate of drug-likeness (QED) is 0.180. The molecule has 0 saturated heterocycles. The molecular formula is C42H30O4. The van der Waals surface area contributed by atoms with E-state index in [0.717, 1.165) is 44.5 Å². The summed E-state index contributed by atoms with van der Waals surface area (Å²) in [5, 5.41) is 0. The van der Waals surface area contributed by atoms with Crippen LogP contribution in [0.25, 0.3) is 22.3 Å². The molecule has 4 heteroatoms. The van der Waals surface area contributed by atoms with Crippen LogP contribution in [0.2, 0.25) is 0 Å². The zero-order chi connectivity index (χ0) is 31.0. The number of carbonyl (C=O) groups excluding carboxylic acids is 2. The maximum atomic E-state index is 13.7. The summed E-state index contributed by atoms with van der Waals surface area (Å²) in [6.45, 7) is 0. The second-order valence-corrected chi connectivity index (χ2v) is 11.8. The van der Waals surface area contributed by atoms with Gasteiger partial charge in [0.1, 0.15) is 0 Å². The fourth-order valence-electron chi connectivity index (χ4n) is 7.10. The molecule has 0 N–H and O–H groups in total. The summed E-state index contributed by atoms with van der Waals surface area (Å²) in [4.78, 5) is 27.4. The molecule has 3 aliphatic rings. The largest absolute Gasteiger partial charge is 0.454 e. The van der Waals surface area contributed by atoms with Gasteiger partial charge in [0.05, 0.1) is 23.0 Å². The first-order chi connectivity index (χ1) is 22.7. The Morgan fingerprint density at radius 2 is 0.717 bits per heavy atom. The highest BCUT2D eigenvalue weighted by atomic mass is 16.6. The SMILES string of the molecule is O=C(OC1C(OC(=O)c2ccccc2)[C@H]2c3ccc(-c4ccccc4)cc3[C@H]1c1ccc(-c3ccccc3)cc12)c1ccccc1. The highest BCUT2D eigenvalue weighted by molar-refractivity contribution is 5.91. The van der Waals surface area contributed by atoms with Gasteiger partial charge in [-0.1, -0.05) is 133 Å². The summed E-state index contributed by atoms with van der Waals surface area (Å²) < 4.78 is 12.8. The molecule has 4 nitrogen and oxygen atoms in total. The van der Waals surface area contributed by atoms with Crippen LogP contribution in [0.15, 0.2) is 158 Å². The van der Waals surface area contributed by atoms with E-state index < -0.39 is 24.1 Å². The molecule has 46 heavy (non-hydrogen) atoms. The van der Waals surface area contributed by atoms with E-state index in [1.165, 1.54) is 0 Å². The number of ether oxygens (including phenoxy) is 2. The molecule has 6 aromatic carbocycles. The number of hydrogen-bond donors (Lipinski definition) is 0. The molecule has 222 valence electrons. The average Bonchev–Trinajstić information content (AvgIpc) is 3.13. The maximum absolute atomic E-state index is 13.7. The summed E-state index contributed by atoms with van der Waals surface area (Å²) in [7, 11) is 0. The lowest BCUT2D eigenvalue weighted by Crippen LogP contribution is -2.51. The van der Waals surface area contributed by atoms with E-state index in [2.05, 4.69) is 60.7 Å². The number of fused-ring (bicyclic) bond motifs is 1. The third-order valence-corrected chi connectivity index (χ3v) is 9.21. The Kier molecular flexibility index (Phi) is 7.03. The number of benzene rings is 6. The molecule has 0 aliphatic heterocycles. The summed E-state index contributed by atoms with van der Waals surface area (Å²) in [5.41, 5.74) is 9.63. The smallest absolute Gasteiger partial charge is 0.338 e. The minimum absolute atomic E-state index is 0.343. The van der Waals surface area contributed by atoms with Crippen LogP contribution >= 0.6 is 0 Å². The third kappa shape index (κ3) is 4.89. The van der Waals surface area contributed by atoms with E-state index in [-0.39, 0.29) is 11.8 Å². The molecule has 0 amide bonds. The van der Waals surface area contributed by atoms with Gasteiger partial charge in [0, 0.05) is 0 Å². The molecule has 0 saturated carbocycles. The molecule has 0 radical (unpaired) electrons. The molecule has 0 fully saturated rings. The standard InChI is InChI=1S/C42H30O4/c43-41(29-17-9-3-10-18-29)45-39-37-34-24-22-32(28-15-7-2-8-16-28)26-36(34)38(40(39)46-42(44)30-19-11-4-12-20-30)33-23-21-31(25-35(33)37)27-13-5-1-6-14-27/h1-26,37-40H/t37-,38+,39?,40?. The molecule has 4 atom stereocenters. The normalized spacial score (nSPS) is 19.0. The maximum Gasteiger partial charge on any atom is 0.338 e. The van der Waals surface area contributed by atoms with Crippen LogP contribution in [0, 0.1) is 0 Å². The number of carbonyl (C=O) groups is 2. The van der Waals surface area contributed by atoms with E-state index in [1.807, 2.05) is 72.8 Å². The summed E-state index contributed by atoms with van der Waals surface area (Å²) in [6, 6.07) is 51.6. The topological polar surface area (TPSA) is 52.6 Å². The van der Waals surface area contributed by atoms with Crippen molar-refractivity contribution < 1.29 is 19.1 Å². The molecule has 2 unspecified atom stereocenters. The second-order valence-electron chi connectivity index (χ2n) is 11.8. The van der Waals surface area contributed by atoms with Gasteiger partial charge in [-0.3, -0.25) is 0 Å². The predicted octanol–water partition coefficient (Wildman–Crippen LogP) is 9.06. The molecule has 6 aromatic rings. The van der Waals surface area contributed by atoms with Crippen LogP contribution in [0.5, 0.6) is 0 Å². The predicted molar refractivity (Wildman–Crippen MR) is 179 cm³/mol. The highest BCUT2D eigenvalue weighted by Crippen LogP contribution is 2.56. The zero-order valence-corrected chi connectivity index (χ0v) is 25.0. The number of hydrogen-bond acceptors (Lipinski definition) is 4. The monoisotopic (exact) mass is 598 g/mol. The van der Waals surface area contributed by atoms with E-state index >= 15 is 0 Å². The van der Waals surface area contributed by atoms with Crippen molar-refractivity contribution in [1.29, 1.82) is 0 Å². The number of rotatable bonds is 6. The van der Waals surface area contributed by atoms with Gasteiger partial charge in [0.2, 0.25) is 0 Å². The van der Waals surface area contributed by atoms with Gasteiger partial charge in [-0.2, -0.15) is 0 Å². The fraction of sp³-hybridized carbons (Fsp3) is 0.0952. The molecule has 3 aliphatic carbocycles. The van der Waals surface area contributed by atoms with Crippen LogP contribution in [-0.4, -0.2) is 24.1 Å². The van der Waals surface area contributed by atoms with E-state index in [9.17, 15) is 9.59 Å². The van der Waals surface area contributed by atoms with E-state index in [4.69, 9.17) is 9.47 Å². The fourth-order valence-corrected chi connectivity index (χ4v) is 7.10. The minimum Gasteiger partial charge on any atom is -0.454 e. The molecule has 0 aromatic heterocycles. The van der Waals surface area contributed by atoms with Crippen LogP contribution in [0.4, 0.5) is 0 Å². The number of esters is 2. The lowest BCUT2D eigenvalue weighted by Gasteiger charge is -2.49. The van der Waals surface area contributed by atoms with Crippen molar-refractivity contribution in [1.82, 2.24) is 0 Å². The third-order valence-electron chi connectivity index (χ3n) is 9.21. The summed E-state index contributed by atoms with van der Waals surface area (Å²) in [6.07, 6.45) is -1.47. The highest BCUT2D eigenvalue weighted by Gasteiger charge is 2.54. The lowest BCUT2D eigenvalue weighted by atomic mass is 9.60. The van der Waals surface area contributed by atoms with Gasteiger partial charge in [-0.15, -0.1) is 0 Å². The van der Waals surface area contributed by atoms with E-state index in [0.29, 0.717) is 11.1 Å². The van der Waals surface area contributed by atoms with Gasteiger partial charge < -0.3 is 9.47 Å². The van der Waals surface area contributed by atoms with Crippen molar-refractivity contribution >= 4 is 11.9 Å². The Balaban J connectivity index is 1.30. The molecular weight excluding hydrogens is 568 g/mol. The Hall–Kier alpha value is -5.74. The van der Waals surface area contributed by atoms with Crippen molar-refractivity contribution in [3.63, 3.8) is 0 Å². The Morgan fingerprint density at radius 1 is 0.370 bits per heavy atom. The minimum atomic E-state index is -0.737. The van der Waals surface area contributed by atoms with Crippen LogP contribution < -0.4 is 0 Å². The second kappa shape index (κ2) is 11.6. The first-order valence-corrected chi connectivity index (χ1v) is 15.6. The van der Waals surface area contributed by atoms with Gasteiger partial charge in [-0.25, -0.2) is 9.59 Å². The van der Waals surface area contributed by atoms with Crippen molar-refractivity contribution in [3.8, 4) is 22.3 Å². The first-order valence-electron chi connectivity index (χ1n) is 15.6. The molecule has 0 spiro atoms. The van der Waals surface area contributed by atoms with Crippen LogP contribution in [0.3, 0.4) is 0 Å². The van der Waals surface area contributed by atoms with Crippen molar-refractivity contribution in [3.05, 3.63) is 191 Å². The van der Waals surface area contributed by atoms with Gasteiger partial charge in [0.25, 0.3) is 0 Å². The van der Waals surface area contributed by atoms with Crippen molar-refractivity contribution in [2.45, 2.75) is 24.0 Å². The van der Waals surface area contributed by atoms with E-state index in [1.54, 1.807) is 24.3 Å². The van der Waals surface area contributed by atoms with Crippen LogP contribution in [0.1, 0.15) is 54.8 Å². The van der Waals surface area contributed by atoms with Gasteiger partial charge in [0.15, 0.2) is 12.2 Å². The van der Waals surface area contributed by atoms with Crippen molar-refractivity contribution in [2.75, 3.05) is 0 Å². The zero-order valence-electron chi connectivity index (χ0n) is 25.0. The average molecular weight is 599 g/mol. The Morgan fingerprint density at radius 3 is 1.09 bits per heavy atom. The molecule has 9 rings (SSSR count). The van der Waals surface area contributed by atoms with Gasteiger partial charge >= 0.3 is 11.9 Å².